The van der Waals surface area contributed by atoms with Crippen LogP contribution in [0.4, 0.5) is 0 Å². The molecule has 11 nitrogen and oxygen atoms in total. The Hall–Kier alpha value is -2.69. The largest absolute Gasteiger partial charge is 0.463 e. The molecule has 0 N–H and O–H groups in total. The molecule has 1 fully saturated rings. The summed E-state index contributed by atoms with van der Waals surface area (Å²) in [5.74, 6) is -3.71. The molecule has 0 aromatic carbocycles. The topological polar surface area (TPSA) is 141 Å². The summed E-state index contributed by atoms with van der Waals surface area (Å²) in [6, 6.07) is 0. The van der Waals surface area contributed by atoms with Crippen molar-refractivity contribution in [1.82, 2.24) is 0 Å². The van der Waals surface area contributed by atoms with Gasteiger partial charge < -0.3 is 28.4 Å². The quantitative estimate of drug-likeness (QED) is 0.433. The molecule has 2 unspecified atom stereocenters. The third kappa shape index (κ3) is 7.21. The molecule has 0 bridgehead atoms. The minimum Gasteiger partial charge on any atom is -0.463 e. The van der Waals surface area contributed by atoms with E-state index < -0.39 is 67.2 Å². The Morgan fingerprint density at radius 3 is 1.52 bits per heavy atom. The number of carbonyl (C=O) groups excluding carboxylic acids is 5. The van der Waals surface area contributed by atoms with Gasteiger partial charge in [0.1, 0.15) is 12.7 Å². The molecular formula is C16H22O11. The van der Waals surface area contributed by atoms with Crippen LogP contribution in [0.15, 0.2) is 0 Å². The second-order valence-electron chi connectivity index (χ2n) is 5.68. The second kappa shape index (κ2) is 9.86. The van der Waals surface area contributed by atoms with E-state index in [2.05, 4.69) is 0 Å². The van der Waals surface area contributed by atoms with Crippen LogP contribution in [-0.4, -0.2) is 67.2 Å². The molecule has 0 spiro atoms. The lowest BCUT2D eigenvalue weighted by Gasteiger charge is -2.43. The molecule has 1 rings (SSSR count). The first kappa shape index (κ1) is 22.4. The van der Waals surface area contributed by atoms with Crippen molar-refractivity contribution in [2.75, 3.05) is 6.61 Å². The summed E-state index contributed by atoms with van der Waals surface area (Å²) in [6.07, 6.45) is -6.70. The monoisotopic (exact) mass is 390 g/mol. The molecule has 0 aromatic rings. The van der Waals surface area contributed by atoms with Crippen LogP contribution < -0.4 is 0 Å². The molecule has 27 heavy (non-hydrogen) atoms. The molecule has 1 heterocycles. The van der Waals surface area contributed by atoms with Gasteiger partial charge in [0.2, 0.25) is 12.4 Å². The normalized spacial score (nSPS) is 27.1. The SMILES string of the molecule is CC(=O)OCC1OC(OC(C)=O)[C@H](OC(C)=O)[C@@H](OC(C)=O)[C@@H]1OC(C)=O. The van der Waals surface area contributed by atoms with Crippen LogP contribution in [0.1, 0.15) is 34.6 Å². The van der Waals surface area contributed by atoms with Crippen molar-refractivity contribution in [3.8, 4) is 0 Å². The van der Waals surface area contributed by atoms with E-state index in [4.69, 9.17) is 28.4 Å². The highest BCUT2D eigenvalue weighted by molar-refractivity contribution is 5.69. The Balaban J connectivity index is 3.29. The Kier molecular flexibility index (Phi) is 8.16. The molecule has 0 aromatic heterocycles. The van der Waals surface area contributed by atoms with E-state index in [1.165, 1.54) is 0 Å². The number of hydrogen-bond acceptors (Lipinski definition) is 11. The number of rotatable bonds is 6. The van der Waals surface area contributed by atoms with E-state index in [0.717, 1.165) is 34.6 Å². The molecule has 1 aliphatic rings. The Bertz CT molecular complexity index is 599. The van der Waals surface area contributed by atoms with Gasteiger partial charge in [0, 0.05) is 34.6 Å². The van der Waals surface area contributed by atoms with Crippen molar-refractivity contribution in [1.29, 1.82) is 0 Å². The van der Waals surface area contributed by atoms with Crippen molar-refractivity contribution in [2.24, 2.45) is 0 Å². The van der Waals surface area contributed by atoms with Crippen molar-refractivity contribution >= 4 is 29.8 Å². The summed E-state index contributed by atoms with van der Waals surface area (Å²) in [5.41, 5.74) is 0. The average Bonchev–Trinajstić information content (AvgIpc) is 2.49. The van der Waals surface area contributed by atoms with Crippen LogP contribution in [0.5, 0.6) is 0 Å². The van der Waals surface area contributed by atoms with Gasteiger partial charge in [-0.25, -0.2) is 0 Å². The molecule has 5 atom stereocenters. The van der Waals surface area contributed by atoms with E-state index in [1.807, 2.05) is 0 Å². The van der Waals surface area contributed by atoms with E-state index in [9.17, 15) is 24.0 Å². The van der Waals surface area contributed by atoms with Crippen LogP contribution in [-0.2, 0) is 52.4 Å². The van der Waals surface area contributed by atoms with E-state index in [0.29, 0.717) is 0 Å². The van der Waals surface area contributed by atoms with Gasteiger partial charge in [0.15, 0.2) is 12.2 Å². The lowest BCUT2D eigenvalue weighted by molar-refractivity contribution is -0.300. The molecule has 1 saturated heterocycles. The summed E-state index contributed by atoms with van der Waals surface area (Å²) in [7, 11) is 0. The van der Waals surface area contributed by atoms with Gasteiger partial charge in [-0.1, -0.05) is 0 Å². The number of hydrogen-bond donors (Lipinski definition) is 0. The van der Waals surface area contributed by atoms with E-state index >= 15 is 0 Å². The van der Waals surface area contributed by atoms with Crippen molar-refractivity contribution in [3.63, 3.8) is 0 Å². The lowest BCUT2D eigenvalue weighted by atomic mass is 9.98. The van der Waals surface area contributed by atoms with Crippen molar-refractivity contribution in [2.45, 2.75) is 65.3 Å². The fraction of sp³-hybridized carbons (Fsp3) is 0.688. The number of carbonyl (C=O) groups is 5. The molecular weight excluding hydrogens is 368 g/mol. The highest BCUT2D eigenvalue weighted by atomic mass is 16.7. The van der Waals surface area contributed by atoms with Crippen LogP contribution in [0.2, 0.25) is 0 Å². The zero-order chi connectivity index (χ0) is 20.7. The van der Waals surface area contributed by atoms with Crippen LogP contribution >= 0.6 is 0 Å². The number of esters is 5. The Labute approximate surface area is 155 Å². The van der Waals surface area contributed by atoms with Gasteiger partial charge in [-0.15, -0.1) is 0 Å². The fourth-order valence-electron chi connectivity index (χ4n) is 2.45. The molecule has 0 amide bonds. The maximum atomic E-state index is 11.5. The summed E-state index contributed by atoms with van der Waals surface area (Å²) < 4.78 is 30.8. The standard InChI is InChI=1S/C16H22O11/c1-7(17)22-6-12-13(23-8(2)18)14(24-9(3)19)15(25-10(4)20)16(27-12)26-11(5)21/h12-16H,6H2,1-5H3/t12?,13-,14+,15-,16?/m1/s1. The predicted molar refractivity (Wildman–Crippen MR) is 83.7 cm³/mol. The van der Waals surface area contributed by atoms with Gasteiger partial charge in [0.25, 0.3) is 0 Å². The summed E-state index contributed by atoms with van der Waals surface area (Å²) in [4.78, 5) is 57.0. The van der Waals surface area contributed by atoms with Crippen LogP contribution in [0.3, 0.4) is 0 Å². The average molecular weight is 390 g/mol. The fourth-order valence-corrected chi connectivity index (χ4v) is 2.45. The highest BCUT2D eigenvalue weighted by Crippen LogP contribution is 2.29. The second-order valence-corrected chi connectivity index (χ2v) is 5.68. The maximum absolute atomic E-state index is 11.5. The summed E-state index contributed by atoms with van der Waals surface area (Å²) in [5, 5.41) is 0. The van der Waals surface area contributed by atoms with Crippen LogP contribution in [0, 0.1) is 0 Å². The molecule has 0 aliphatic carbocycles. The highest BCUT2D eigenvalue weighted by Gasteiger charge is 2.53. The van der Waals surface area contributed by atoms with Gasteiger partial charge in [-0.05, 0) is 0 Å². The van der Waals surface area contributed by atoms with E-state index in [1.54, 1.807) is 0 Å². The third-order valence-electron chi connectivity index (χ3n) is 3.23. The first-order valence-corrected chi connectivity index (χ1v) is 7.99. The predicted octanol–water partition coefficient (Wildman–Crippen LogP) is -0.367. The van der Waals surface area contributed by atoms with E-state index in [-0.39, 0.29) is 0 Å². The van der Waals surface area contributed by atoms with Crippen molar-refractivity contribution < 1.29 is 52.4 Å². The summed E-state index contributed by atoms with van der Waals surface area (Å²) in [6.45, 7) is 5.13. The first-order chi connectivity index (χ1) is 12.5. The Morgan fingerprint density at radius 1 is 0.630 bits per heavy atom. The molecule has 152 valence electrons. The molecule has 1 aliphatic heterocycles. The third-order valence-corrected chi connectivity index (χ3v) is 3.23. The zero-order valence-corrected chi connectivity index (χ0v) is 15.6. The van der Waals surface area contributed by atoms with Gasteiger partial charge in [-0.3, -0.25) is 24.0 Å². The molecule has 0 radical (unpaired) electrons. The van der Waals surface area contributed by atoms with Crippen LogP contribution in [0.25, 0.3) is 0 Å². The summed E-state index contributed by atoms with van der Waals surface area (Å²) >= 11 is 0. The molecule has 0 saturated carbocycles. The van der Waals surface area contributed by atoms with Gasteiger partial charge in [-0.2, -0.15) is 0 Å². The smallest absolute Gasteiger partial charge is 0.305 e. The Morgan fingerprint density at radius 2 is 1.07 bits per heavy atom. The maximum Gasteiger partial charge on any atom is 0.305 e. The number of ether oxygens (including phenoxy) is 6. The minimum absolute atomic E-state index is 0.393. The zero-order valence-electron chi connectivity index (χ0n) is 15.6. The van der Waals surface area contributed by atoms with Gasteiger partial charge in [0.05, 0.1) is 0 Å². The van der Waals surface area contributed by atoms with Gasteiger partial charge >= 0.3 is 29.8 Å². The minimum atomic E-state index is -1.48. The first-order valence-electron chi connectivity index (χ1n) is 7.99. The van der Waals surface area contributed by atoms with Crippen molar-refractivity contribution in [3.05, 3.63) is 0 Å². The lowest BCUT2D eigenvalue weighted by Crippen LogP contribution is -2.63. The molecule has 11 heteroatoms.